The number of alkyl carbamates (subject to hydrolysis) is 1. The maximum Gasteiger partial charge on any atom is 0.408 e. The Labute approximate surface area is 137 Å². The van der Waals surface area contributed by atoms with E-state index in [1.807, 2.05) is 13.8 Å². The van der Waals surface area contributed by atoms with Crippen LogP contribution in [0, 0.1) is 5.92 Å². The van der Waals surface area contributed by atoms with Gasteiger partial charge in [0, 0.05) is 6.54 Å². The van der Waals surface area contributed by atoms with Crippen molar-refractivity contribution in [1.29, 1.82) is 0 Å². The van der Waals surface area contributed by atoms with Gasteiger partial charge < -0.3 is 20.7 Å². The van der Waals surface area contributed by atoms with E-state index in [0.29, 0.717) is 19.4 Å². The first-order chi connectivity index (χ1) is 10.6. The number of nitrogens with one attached hydrogen (secondary N) is 1. The van der Waals surface area contributed by atoms with Crippen molar-refractivity contribution in [3.63, 3.8) is 0 Å². The van der Waals surface area contributed by atoms with Crippen LogP contribution in [0.4, 0.5) is 4.79 Å². The molecule has 1 unspecified atom stereocenters. The molecule has 0 saturated carbocycles. The van der Waals surface area contributed by atoms with E-state index < -0.39 is 29.7 Å². The fraction of sp³-hybridized carbons (Fsp3) is 0.812. The molecule has 0 aromatic rings. The number of likely N-dealkylation sites (tertiary alicyclic amines) is 1. The maximum atomic E-state index is 12.8. The second-order valence-electron chi connectivity index (χ2n) is 7.10. The standard InChI is InChI=1S/C16H29N3O4/c1-6-10(2)12(18-15(22)23-16(3,4)5)14(21)19-9-7-8-11(19)13(17)20/h10-12H,6-9H2,1-5H3,(H2,17,20)(H,18,22)/t10?,11-,12-/m0/s1. The molecule has 7 nitrogen and oxygen atoms in total. The van der Waals surface area contributed by atoms with E-state index >= 15 is 0 Å². The Morgan fingerprint density at radius 3 is 2.43 bits per heavy atom. The van der Waals surface area contributed by atoms with Crippen molar-refractivity contribution < 1.29 is 19.1 Å². The minimum atomic E-state index is -0.727. The summed E-state index contributed by atoms with van der Waals surface area (Å²) in [5.74, 6) is -0.855. The lowest BCUT2D eigenvalue weighted by Gasteiger charge is -2.31. The van der Waals surface area contributed by atoms with Crippen LogP contribution in [-0.4, -0.2) is 47.0 Å². The first kappa shape index (κ1) is 19.3. The molecule has 1 fully saturated rings. The Bertz CT molecular complexity index is 459. The highest BCUT2D eigenvalue weighted by molar-refractivity contribution is 5.91. The van der Waals surface area contributed by atoms with Gasteiger partial charge in [0.25, 0.3) is 0 Å². The molecule has 3 atom stereocenters. The highest BCUT2D eigenvalue weighted by atomic mass is 16.6. The molecule has 1 aliphatic heterocycles. The van der Waals surface area contributed by atoms with E-state index in [-0.39, 0.29) is 11.8 Å². The first-order valence-corrected chi connectivity index (χ1v) is 8.16. The molecule has 1 heterocycles. The third kappa shape index (κ3) is 5.41. The number of carbonyl (C=O) groups is 3. The molecule has 0 bridgehead atoms. The average Bonchev–Trinajstić information content (AvgIpc) is 2.90. The number of ether oxygens (including phenoxy) is 1. The van der Waals surface area contributed by atoms with E-state index in [1.54, 1.807) is 20.8 Å². The monoisotopic (exact) mass is 327 g/mol. The molecular weight excluding hydrogens is 298 g/mol. The van der Waals surface area contributed by atoms with Crippen LogP contribution in [0.15, 0.2) is 0 Å². The molecule has 0 radical (unpaired) electrons. The van der Waals surface area contributed by atoms with Crippen LogP contribution in [0.3, 0.4) is 0 Å². The quantitative estimate of drug-likeness (QED) is 0.797. The summed E-state index contributed by atoms with van der Waals surface area (Å²) in [5.41, 5.74) is 4.73. The van der Waals surface area contributed by atoms with Gasteiger partial charge in [-0.25, -0.2) is 4.79 Å². The highest BCUT2D eigenvalue weighted by Gasteiger charge is 2.38. The molecule has 23 heavy (non-hydrogen) atoms. The smallest absolute Gasteiger partial charge is 0.408 e. The van der Waals surface area contributed by atoms with Crippen LogP contribution in [0.5, 0.6) is 0 Å². The molecule has 0 aromatic carbocycles. The largest absolute Gasteiger partial charge is 0.444 e. The lowest BCUT2D eigenvalue weighted by molar-refractivity contribution is -0.140. The molecule has 1 rings (SSSR count). The molecule has 1 saturated heterocycles. The Hall–Kier alpha value is -1.79. The van der Waals surface area contributed by atoms with Gasteiger partial charge in [0.1, 0.15) is 17.7 Å². The van der Waals surface area contributed by atoms with E-state index in [2.05, 4.69) is 5.32 Å². The molecule has 1 aliphatic rings. The Morgan fingerprint density at radius 2 is 1.96 bits per heavy atom. The summed E-state index contributed by atoms with van der Waals surface area (Å²) in [6.07, 6.45) is 1.38. The van der Waals surface area contributed by atoms with Gasteiger partial charge in [-0.2, -0.15) is 0 Å². The van der Waals surface area contributed by atoms with Gasteiger partial charge in [0.2, 0.25) is 11.8 Å². The SMILES string of the molecule is CCC(C)[C@H](NC(=O)OC(C)(C)C)C(=O)N1CCC[C@H]1C(N)=O. The third-order valence-corrected chi connectivity index (χ3v) is 4.02. The fourth-order valence-corrected chi connectivity index (χ4v) is 2.62. The van der Waals surface area contributed by atoms with Crippen molar-refractivity contribution in [2.75, 3.05) is 6.54 Å². The zero-order chi connectivity index (χ0) is 17.8. The summed E-state index contributed by atoms with van der Waals surface area (Å²) in [5, 5.41) is 2.66. The summed E-state index contributed by atoms with van der Waals surface area (Å²) in [4.78, 5) is 37.8. The second-order valence-corrected chi connectivity index (χ2v) is 7.10. The number of hydrogen-bond acceptors (Lipinski definition) is 4. The molecule has 0 aromatic heterocycles. The van der Waals surface area contributed by atoms with Crippen LogP contribution in [0.25, 0.3) is 0 Å². The molecule has 0 aliphatic carbocycles. The number of primary amides is 1. The Balaban J connectivity index is 2.87. The average molecular weight is 327 g/mol. The predicted molar refractivity (Wildman–Crippen MR) is 86.5 cm³/mol. The van der Waals surface area contributed by atoms with Crippen molar-refractivity contribution in [2.24, 2.45) is 11.7 Å². The number of nitrogens with zero attached hydrogens (tertiary/aromatic N) is 1. The van der Waals surface area contributed by atoms with E-state index in [4.69, 9.17) is 10.5 Å². The lowest BCUT2D eigenvalue weighted by atomic mass is 9.97. The third-order valence-electron chi connectivity index (χ3n) is 4.02. The molecule has 0 spiro atoms. The maximum absolute atomic E-state index is 12.8. The van der Waals surface area contributed by atoms with Gasteiger partial charge in [-0.1, -0.05) is 20.3 Å². The van der Waals surface area contributed by atoms with Crippen molar-refractivity contribution >= 4 is 17.9 Å². The summed E-state index contributed by atoms with van der Waals surface area (Å²) < 4.78 is 5.24. The van der Waals surface area contributed by atoms with Crippen LogP contribution in [0.2, 0.25) is 0 Å². The van der Waals surface area contributed by atoms with Crippen LogP contribution < -0.4 is 11.1 Å². The van der Waals surface area contributed by atoms with Gasteiger partial charge >= 0.3 is 6.09 Å². The van der Waals surface area contributed by atoms with Crippen molar-refractivity contribution in [2.45, 2.75) is 71.6 Å². The van der Waals surface area contributed by atoms with Gasteiger partial charge in [0.05, 0.1) is 0 Å². The normalized spacial score (nSPS) is 20.7. The zero-order valence-corrected chi connectivity index (χ0v) is 14.7. The van der Waals surface area contributed by atoms with Gasteiger partial charge in [-0.15, -0.1) is 0 Å². The molecule has 3 amide bonds. The van der Waals surface area contributed by atoms with Gasteiger partial charge in [-0.05, 0) is 39.5 Å². The first-order valence-electron chi connectivity index (χ1n) is 8.16. The Kier molecular flexibility index (Phi) is 6.41. The molecule has 132 valence electrons. The summed E-state index contributed by atoms with van der Waals surface area (Å²) in [7, 11) is 0. The fourth-order valence-electron chi connectivity index (χ4n) is 2.62. The molecule has 7 heteroatoms. The topological polar surface area (TPSA) is 102 Å². The number of carbonyl (C=O) groups excluding carboxylic acids is 3. The van der Waals surface area contributed by atoms with E-state index in [1.165, 1.54) is 4.90 Å². The lowest BCUT2D eigenvalue weighted by Crippen LogP contribution is -2.55. The Morgan fingerprint density at radius 1 is 1.35 bits per heavy atom. The van der Waals surface area contributed by atoms with E-state index in [0.717, 1.165) is 6.42 Å². The van der Waals surface area contributed by atoms with Crippen molar-refractivity contribution in [3.05, 3.63) is 0 Å². The van der Waals surface area contributed by atoms with Gasteiger partial charge in [-0.3, -0.25) is 9.59 Å². The molecular formula is C16H29N3O4. The number of amides is 3. The minimum absolute atomic E-state index is 0.0795. The van der Waals surface area contributed by atoms with E-state index in [9.17, 15) is 14.4 Å². The number of rotatable bonds is 5. The molecule has 3 N–H and O–H groups in total. The summed E-state index contributed by atoms with van der Waals surface area (Å²) in [6, 6.07) is -1.32. The number of nitrogens with two attached hydrogens (primary N) is 1. The zero-order valence-electron chi connectivity index (χ0n) is 14.7. The van der Waals surface area contributed by atoms with Crippen LogP contribution in [-0.2, 0) is 14.3 Å². The summed E-state index contributed by atoms with van der Waals surface area (Å²) >= 11 is 0. The van der Waals surface area contributed by atoms with Crippen LogP contribution >= 0.6 is 0 Å². The second kappa shape index (κ2) is 7.66. The number of hydrogen-bond donors (Lipinski definition) is 2. The van der Waals surface area contributed by atoms with Crippen molar-refractivity contribution in [1.82, 2.24) is 10.2 Å². The minimum Gasteiger partial charge on any atom is -0.444 e. The van der Waals surface area contributed by atoms with Gasteiger partial charge in [0.15, 0.2) is 0 Å². The predicted octanol–water partition coefficient (Wildman–Crippen LogP) is 1.40. The van der Waals surface area contributed by atoms with Crippen molar-refractivity contribution in [3.8, 4) is 0 Å². The summed E-state index contributed by atoms with van der Waals surface area (Å²) in [6.45, 7) is 9.59. The highest BCUT2D eigenvalue weighted by Crippen LogP contribution is 2.21. The van der Waals surface area contributed by atoms with Crippen LogP contribution in [0.1, 0.15) is 53.9 Å².